The highest BCUT2D eigenvalue weighted by molar-refractivity contribution is 7.13. The van der Waals surface area contributed by atoms with Gasteiger partial charge in [-0.2, -0.15) is 4.68 Å². The molecule has 3 aromatic rings. The van der Waals surface area contributed by atoms with Crippen LogP contribution >= 0.6 is 11.3 Å². The van der Waals surface area contributed by atoms with Crippen molar-refractivity contribution in [3.8, 4) is 10.8 Å². The van der Waals surface area contributed by atoms with E-state index in [9.17, 15) is 10.1 Å². The van der Waals surface area contributed by atoms with E-state index in [1.165, 1.54) is 22.1 Å². The van der Waals surface area contributed by atoms with E-state index >= 15 is 0 Å². The molecule has 0 fully saturated rings. The first-order valence-corrected chi connectivity index (χ1v) is 6.64. The Hall–Kier alpha value is -2.55. The van der Waals surface area contributed by atoms with E-state index in [-0.39, 0.29) is 5.82 Å². The van der Waals surface area contributed by atoms with Gasteiger partial charge in [-0.25, -0.2) is 0 Å². The van der Waals surface area contributed by atoms with E-state index in [1.54, 1.807) is 6.20 Å². The molecule has 0 aromatic carbocycles. The number of aryl methyl sites for hydroxylation is 2. The fourth-order valence-corrected chi connectivity index (χ4v) is 2.28. The van der Waals surface area contributed by atoms with Crippen LogP contribution in [0.5, 0.6) is 0 Å². The Kier molecular flexibility index (Phi) is 3.25. The predicted octanol–water partition coefficient (Wildman–Crippen LogP) is 2.15. The van der Waals surface area contributed by atoms with Gasteiger partial charge >= 0.3 is 5.82 Å². The fraction of sp³-hybridized carbons (Fsp3) is 0.182. The van der Waals surface area contributed by atoms with Gasteiger partial charge in [0, 0.05) is 6.42 Å². The summed E-state index contributed by atoms with van der Waals surface area (Å²) in [5.41, 5.74) is 0. The van der Waals surface area contributed by atoms with E-state index < -0.39 is 4.92 Å². The molecule has 0 saturated carbocycles. The minimum Gasteiger partial charge on any atom is -0.420 e. The zero-order valence-corrected chi connectivity index (χ0v) is 11.0. The molecule has 0 unspecified atom stereocenters. The van der Waals surface area contributed by atoms with Crippen molar-refractivity contribution in [1.82, 2.24) is 20.0 Å². The van der Waals surface area contributed by atoms with Gasteiger partial charge < -0.3 is 14.5 Å². The zero-order valence-electron chi connectivity index (χ0n) is 10.2. The molecule has 20 heavy (non-hydrogen) atoms. The van der Waals surface area contributed by atoms with Crippen LogP contribution in [-0.2, 0) is 13.0 Å². The third-order valence-corrected chi connectivity index (χ3v) is 3.43. The number of aromatic nitrogens is 4. The lowest BCUT2D eigenvalue weighted by atomic mass is 10.4. The van der Waals surface area contributed by atoms with Crippen LogP contribution in [0, 0.1) is 10.1 Å². The maximum Gasteiger partial charge on any atom is 0.389 e. The van der Waals surface area contributed by atoms with Crippen LogP contribution in [0.25, 0.3) is 10.8 Å². The van der Waals surface area contributed by atoms with E-state index in [4.69, 9.17) is 4.42 Å². The molecule has 0 amide bonds. The minimum atomic E-state index is -0.530. The SMILES string of the molecule is O=[N+]([O-])c1ccn(CCc2nnc(-c3cccs3)o2)n1. The molecule has 8 nitrogen and oxygen atoms in total. The number of hydrogen-bond acceptors (Lipinski definition) is 7. The lowest BCUT2D eigenvalue weighted by molar-refractivity contribution is -0.389. The van der Waals surface area contributed by atoms with Crippen LogP contribution in [-0.4, -0.2) is 24.9 Å². The van der Waals surface area contributed by atoms with Gasteiger partial charge in [0.15, 0.2) is 0 Å². The second-order valence-corrected chi connectivity index (χ2v) is 4.87. The Labute approximate surface area is 116 Å². The first kappa shape index (κ1) is 12.5. The van der Waals surface area contributed by atoms with Gasteiger partial charge in [-0.1, -0.05) is 6.07 Å². The van der Waals surface area contributed by atoms with Crippen molar-refractivity contribution in [2.24, 2.45) is 0 Å². The van der Waals surface area contributed by atoms with Crippen LogP contribution in [0.1, 0.15) is 5.89 Å². The van der Waals surface area contributed by atoms with E-state index in [0.29, 0.717) is 24.7 Å². The summed E-state index contributed by atoms with van der Waals surface area (Å²) in [5.74, 6) is 0.794. The number of thiophene rings is 1. The van der Waals surface area contributed by atoms with Crippen molar-refractivity contribution in [2.75, 3.05) is 0 Å². The molecule has 0 bridgehead atoms. The summed E-state index contributed by atoms with van der Waals surface area (Å²) in [4.78, 5) is 10.9. The minimum absolute atomic E-state index is 0.171. The lowest BCUT2D eigenvalue weighted by Crippen LogP contribution is -2.03. The summed E-state index contributed by atoms with van der Waals surface area (Å²) >= 11 is 1.52. The Morgan fingerprint density at radius 2 is 2.30 bits per heavy atom. The maximum atomic E-state index is 10.5. The van der Waals surface area contributed by atoms with Gasteiger partial charge in [0.2, 0.25) is 5.89 Å². The molecule has 3 aromatic heterocycles. The van der Waals surface area contributed by atoms with Crippen molar-refractivity contribution < 1.29 is 9.34 Å². The molecule has 0 radical (unpaired) electrons. The Balaban J connectivity index is 1.65. The predicted molar refractivity (Wildman–Crippen MR) is 70.2 cm³/mol. The molecule has 9 heteroatoms. The molecule has 0 aliphatic heterocycles. The molecule has 0 spiro atoms. The first-order chi connectivity index (χ1) is 9.72. The highest BCUT2D eigenvalue weighted by atomic mass is 32.1. The number of hydrogen-bond donors (Lipinski definition) is 0. The summed E-state index contributed by atoms with van der Waals surface area (Å²) in [7, 11) is 0. The zero-order chi connectivity index (χ0) is 13.9. The Morgan fingerprint density at radius 3 is 3.00 bits per heavy atom. The number of nitrogens with zero attached hydrogens (tertiary/aromatic N) is 5. The van der Waals surface area contributed by atoms with Gasteiger partial charge in [-0.15, -0.1) is 21.5 Å². The van der Waals surface area contributed by atoms with Crippen LogP contribution < -0.4 is 0 Å². The molecule has 0 saturated heterocycles. The summed E-state index contributed by atoms with van der Waals surface area (Å²) < 4.78 is 7.00. The van der Waals surface area contributed by atoms with Gasteiger partial charge in [-0.3, -0.25) is 0 Å². The summed E-state index contributed by atoms with van der Waals surface area (Å²) in [6.45, 7) is 0.444. The summed E-state index contributed by atoms with van der Waals surface area (Å²) in [5, 5.41) is 24.2. The van der Waals surface area contributed by atoms with Crippen molar-refractivity contribution in [1.29, 1.82) is 0 Å². The van der Waals surface area contributed by atoms with Crippen molar-refractivity contribution in [2.45, 2.75) is 13.0 Å². The topological polar surface area (TPSA) is 99.9 Å². The average molecular weight is 291 g/mol. The van der Waals surface area contributed by atoms with E-state index in [0.717, 1.165) is 4.88 Å². The molecule has 3 heterocycles. The summed E-state index contributed by atoms with van der Waals surface area (Å²) in [6, 6.07) is 5.16. The highest BCUT2D eigenvalue weighted by Gasteiger charge is 2.13. The molecular formula is C11H9N5O3S. The molecule has 3 rings (SSSR count). The van der Waals surface area contributed by atoms with E-state index in [1.807, 2.05) is 17.5 Å². The smallest absolute Gasteiger partial charge is 0.389 e. The molecule has 0 aliphatic carbocycles. The average Bonchev–Trinajstić information content (AvgIpc) is 3.17. The quantitative estimate of drug-likeness (QED) is 0.527. The fourth-order valence-electron chi connectivity index (χ4n) is 1.64. The third-order valence-electron chi connectivity index (χ3n) is 2.57. The molecule has 0 aliphatic rings. The van der Waals surface area contributed by atoms with Crippen molar-refractivity contribution in [3.05, 3.63) is 45.8 Å². The van der Waals surface area contributed by atoms with Crippen molar-refractivity contribution >= 4 is 17.2 Å². The van der Waals surface area contributed by atoms with Gasteiger partial charge in [0.05, 0.1) is 28.8 Å². The molecular weight excluding hydrogens is 282 g/mol. The second kappa shape index (κ2) is 5.21. The maximum absolute atomic E-state index is 10.5. The van der Waals surface area contributed by atoms with Gasteiger partial charge in [0.1, 0.15) is 0 Å². The van der Waals surface area contributed by atoms with Crippen molar-refractivity contribution in [3.63, 3.8) is 0 Å². The number of rotatable bonds is 5. The lowest BCUT2D eigenvalue weighted by Gasteiger charge is -1.92. The Morgan fingerprint density at radius 1 is 1.40 bits per heavy atom. The summed E-state index contributed by atoms with van der Waals surface area (Å²) in [6.07, 6.45) is 2.02. The largest absolute Gasteiger partial charge is 0.420 e. The van der Waals surface area contributed by atoms with E-state index in [2.05, 4.69) is 15.3 Å². The first-order valence-electron chi connectivity index (χ1n) is 5.76. The van der Waals surface area contributed by atoms with Crippen LogP contribution in [0.2, 0.25) is 0 Å². The van der Waals surface area contributed by atoms with Crippen LogP contribution in [0.15, 0.2) is 34.2 Å². The normalized spacial score (nSPS) is 10.8. The second-order valence-electron chi connectivity index (χ2n) is 3.92. The van der Waals surface area contributed by atoms with Crippen LogP contribution in [0.4, 0.5) is 5.82 Å². The van der Waals surface area contributed by atoms with Gasteiger partial charge in [0.25, 0.3) is 5.89 Å². The van der Waals surface area contributed by atoms with Gasteiger partial charge in [-0.05, 0) is 16.4 Å². The number of nitro groups is 1. The highest BCUT2D eigenvalue weighted by Crippen LogP contribution is 2.23. The molecule has 0 atom stereocenters. The standard InChI is InChI=1S/C11H9N5O3S/c17-16(18)9-3-5-15(14-9)6-4-10-12-13-11(19-10)8-2-1-7-20-8/h1-3,5,7H,4,6H2. The molecule has 0 N–H and O–H groups in total. The molecule has 102 valence electrons. The van der Waals surface area contributed by atoms with Crippen LogP contribution in [0.3, 0.4) is 0 Å². The third kappa shape index (κ3) is 2.57. The Bertz CT molecular complexity index is 718. The monoisotopic (exact) mass is 291 g/mol.